The maximum Gasteiger partial charge on any atom is 0.199 e. The quantitative estimate of drug-likeness (QED) is 0.392. The van der Waals surface area contributed by atoms with Crippen molar-refractivity contribution in [2.24, 2.45) is 0 Å². The molecule has 172 valence electrons. The van der Waals surface area contributed by atoms with Crippen LogP contribution in [0.3, 0.4) is 0 Å². The first-order valence-electron chi connectivity index (χ1n) is 11.2. The lowest BCUT2D eigenvalue weighted by molar-refractivity contribution is 0.194. The molecule has 34 heavy (non-hydrogen) atoms. The largest absolute Gasteiger partial charge is 0.469 e. The average molecular weight is 472 g/mol. The molecule has 1 fully saturated rings. The molecule has 1 aliphatic rings. The zero-order valence-corrected chi connectivity index (χ0v) is 19.8. The Hall–Kier alpha value is -3.74. The molecule has 0 amide bonds. The Morgan fingerprint density at radius 3 is 2.59 bits per heavy atom. The third-order valence-corrected chi connectivity index (χ3v) is 6.54. The minimum Gasteiger partial charge on any atom is -0.469 e. The third-order valence-electron chi connectivity index (χ3n) is 6.11. The summed E-state index contributed by atoms with van der Waals surface area (Å²) in [6, 6.07) is 18.0. The minimum absolute atomic E-state index is 0.615. The SMILES string of the molecule is Cc1occc1-c1nn(CN2CCN(c3cc(C#N)ccn3)CC2)c(=S)n1Cc1ccccc1. The van der Waals surface area contributed by atoms with Gasteiger partial charge in [0.25, 0.3) is 0 Å². The number of rotatable bonds is 6. The number of anilines is 1. The van der Waals surface area contributed by atoms with Crippen LogP contribution in [0.2, 0.25) is 0 Å². The maximum absolute atomic E-state index is 9.16. The Bertz CT molecular complexity index is 1370. The Kier molecular flexibility index (Phi) is 6.25. The molecule has 1 saturated heterocycles. The van der Waals surface area contributed by atoms with Gasteiger partial charge >= 0.3 is 0 Å². The van der Waals surface area contributed by atoms with Crippen molar-refractivity contribution in [1.29, 1.82) is 5.26 Å². The van der Waals surface area contributed by atoms with Gasteiger partial charge in [0.1, 0.15) is 11.6 Å². The molecule has 0 saturated carbocycles. The molecule has 1 aromatic carbocycles. The summed E-state index contributed by atoms with van der Waals surface area (Å²) in [7, 11) is 0. The highest BCUT2D eigenvalue weighted by Gasteiger charge is 2.21. The Labute approximate surface area is 203 Å². The van der Waals surface area contributed by atoms with E-state index in [1.54, 1.807) is 18.5 Å². The molecule has 0 aliphatic carbocycles. The van der Waals surface area contributed by atoms with Crippen LogP contribution in [0.4, 0.5) is 5.82 Å². The highest BCUT2D eigenvalue weighted by Crippen LogP contribution is 2.25. The molecule has 0 spiro atoms. The van der Waals surface area contributed by atoms with E-state index in [1.807, 2.05) is 41.9 Å². The molecule has 1 aliphatic heterocycles. The first-order chi connectivity index (χ1) is 16.6. The molecule has 8 nitrogen and oxygen atoms in total. The summed E-state index contributed by atoms with van der Waals surface area (Å²) in [5.74, 6) is 2.48. The minimum atomic E-state index is 0.615. The highest BCUT2D eigenvalue weighted by atomic mass is 32.1. The van der Waals surface area contributed by atoms with E-state index in [0.717, 1.165) is 49.1 Å². The van der Waals surface area contributed by atoms with Crippen molar-refractivity contribution in [3.8, 4) is 17.5 Å². The van der Waals surface area contributed by atoms with E-state index in [-0.39, 0.29) is 0 Å². The number of piperazine rings is 1. The zero-order valence-electron chi connectivity index (χ0n) is 19.0. The predicted molar refractivity (Wildman–Crippen MR) is 132 cm³/mol. The summed E-state index contributed by atoms with van der Waals surface area (Å²) in [5.41, 5.74) is 2.75. The van der Waals surface area contributed by atoms with Crippen LogP contribution in [0.25, 0.3) is 11.4 Å². The van der Waals surface area contributed by atoms with Gasteiger partial charge in [0, 0.05) is 32.4 Å². The van der Waals surface area contributed by atoms with Gasteiger partial charge in [-0.05, 0) is 42.9 Å². The fraction of sp³-hybridized carbons (Fsp3) is 0.280. The molecular formula is C25H25N7OS. The van der Waals surface area contributed by atoms with Crippen molar-refractivity contribution in [3.05, 3.63) is 82.6 Å². The van der Waals surface area contributed by atoms with Crippen molar-refractivity contribution in [2.75, 3.05) is 31.1 Å². The number of aromatic nitrogens is 4. The molecule has 0 N–H and O–H groups in total. The van der Waals surface area contributed by atoms with E-state index in [1.165, 1.54) is 5.56 Å². The van der Waals surface area contributed by atoms with E-state index in [0.29, 0.717) is 23.5 Å². The molecule has 0 atom stereocenters. The van der Waals surface area contributed by atoms with Gasteiger partial charge in [0.2, 0.25) is 0 Å². The summed E-state index contributed by atoms with van der Waals surface area (Å²) in [6.07, 6.45) is 3.38. The standard InChI is InChI=1S/C25H25N7OS/c1-19-22(8-14-33-19)24-28-32(25(34)31(24)17-20-5-3-2-4-6-20)18-29-10-12-30(13-11-29)23-15-21(16-26)7-9-27-23/h2-9,14-15H,10-13,17-18H2,1H3. The lowest BCUT2D eigenvalue weighted by atomic mass is 10.2. The summed E-state index contributed by atoms with van der Waals surface area (Å²) < 4.78 is 10.2. The van der Waals surface area contributed by atoms with Gasteiger partial charge in [0.15, 0.2) is 10.6 Å². The monoisotopic (exact) mass is 471 g/mol. The number of benzene rings is 1. The van der Waals surface area contributed by atoms with Gasteiger partial charge in [0.05, 0.1) is 36.7 Å². The van der Waals surface area contributed by atoms with Crippen LogP contribution in [-0.4, -0.2) is 50.4 Å². The average Bonchev–Trinajstić information content (AvgIpc) is 3.43. The second kappa shape index (κ2) is 9.63. The van der Waals surface area contributed by atoms with Crippen molar-refractivity contribution in [1.82, 2.24) is 24.2 Å². The lowest BCUT2D eigenvalue weighted by Crippen LogP contribution is -2.47. The maximum atomic E-state index is 9.16. The first kappa shape index (κ1) is 22.1. The fourth-order valence-electron chi connectivity index (χ4n) is 4.23. The Morgan fingerprint density at radius 1 is 1.09 bits per heavy atom. The fourth-order valence-corrected chi connectivity index (χ4v) is 4.48. The van der Waals surface area contributed by atoms with Gasteiger partial charge in [-0.15, -0.1) is 0 Å². The summed E-state index contributed by atoms with van der Waals surface area (Å²) >= 11 is 5.88. The van der Waals surface area contributed by atoms with Gasteiger partial charge < -0.3 is 9.32 Å². The van der Waals surface area contributed by atoms with Crippen LogP contribution < -0.4 is 4.90 Å². The molecular weight excluding hydrogens is 446 g/mol. The van der Waals surface area contributed by atoms with Gasteiger partial charge in [-0.2, -0.15) is 10.4 Å². The summed E-state index contributed by atoms with van der Waals surface area (Å²) in [4.78, 5) is 8.99. The second-order valence-electron chi connectivity index (χ2n) is 8.33. The second-order valence-corrected chi connectivity index (χ2v) is 8.69. The number of nitriles is 1. The smallest absolute Gasteiger partial charge is 0.199 e. The Morgan fingerprint density at radius 2 is 1.88 bits per heavy atom. The number of hydrogen-bond acceptors (Lipinski definition) is 7. The van der Waals surface area contributed by atoms with Crippen molar-refractivity contribution < 1.29 is 4.42 Å². The highest BCUT2D eigenvalue weighted by molar-refractivity contribution is 7.71. The number of furan rings is 1. The van der Waals surface area contributed by atoms with E-state index in [4.69, 9.17) is 27.0 Å². The molecule has 3 aromatic heterocycles. The topological polar surface area (TPSA) is 79.1 Å². The predicted octanol–water partition coefficient (Wildman–Crippen LogP) is 4.08. The lowest BCUT2D eigenvalue weighted by Gasteiger charge is -2.35. The van der Waals surface area contributed by atoms with Crippen LogP contribution in [-0.2, 0) is 13.2 Å². The third kappa shape index (κ3) is 4.51. The normalized spacial score (nSPS) is 14.3. The number of nitrogens with zero attached hydrogens (tertiary/aromatic N) is 7. The Balaban J connectivity index is 1.36. The van der Waals surface area contributed by atoms with E-state index >= 15 is 0 Å². The number of pyridine rings is 1. The van der Waals surface area contributed by atoms with Gasteiger partial charge in [-0.3, -0.25) is 9.47 Å². The molecule has 4 heterocycles. The molecule has 0 unspecified atom stereocenters. The van der Waals surface area contributed by atoms with Crippen LogP contribution in [0.1, 0.15) is 16.9 Å². The van der Waals surface area contributed by atoms with Gasteiger partial charge in [-0.1, -0.05) is 30.3 Å². The van der Waals surface area contributed by atoms with Gasteiger partial charge in [-0.25, -0.2) is 9.67 Å². The van der Waals surface area contributed by atoms with Crippen LogP contribution in [0, 0.1) is 23.0 Å². The van der Waals surface area contributed by atoms with Crippen LogP contribution >= 0.6 is 12.2 Å². The summed E-state index contributed by atoms with van der Waals surface area (Å²) in [6.45, 7) is 6.57. The van der Waals surface area contributed by atoms with Crippen molar-refractivity contribution >= 4 is 18.0 Å². The molecule has 0 radical (unpaired) electrons. The molecule has 9 heteroatoms. The number of aryl methyl sites for hydroxylation is 1. The zero-order chi connectivity index (χ0) is 23.5. The molecule has 4 aromatic rings. The van der Waals surface area contributed by atoms with Crippen molar-refractivity contribution in [2.45, 2.75) is 20.1 Å². The van der Waals surface area contributed by atoms with E-state index < -0.39 is 0 Å². The summed E-state index contributed by atoms with van der Waals surface area (Å²) in [5, 5.41) is 14.1. The van der Waals surface area contributed by atoms with Crippen molar-refractivity contribution in [3.63, 3.8) is 0 Å². The van der Waals surface area contributed by atoms with Crippen LogP contribution in [0.5, 0.6) is 0 Å². The van der Waals surface area contributed by atoms with Crippen LogP contribution in [0.15, 0.2) is 65.4 Å². The molecule has 5 rings (SSSR count). The first-order valence-corrected chi connectivity index (χ1v) is 11.6. The van der Waals surface area contributed by atoms with E-state index in [9.17, 15) is 0 Å². The molecule has 0 bridgehead atoms. The van der Waals surface area contributed by atoms with E-state index in [2.05, 4.69) is 37.6 Å². The number of hydrogen-bond donors (Lipinski definition) is 0.